The highest BCUT2D eigenvalue weighted by Crippen LogP contribution is 2.40. The van der Waals surface area contributed by atoms with E-state index in [0.717, 1.165) is 38.8 Å². The van der Waals surface area contributed by atoms with Crippen molar-refractivity contribution < 1.29 is 9.84 Å². The summed E-state index contributed by atoms with van der Waals surface area (Å²) in [4.78, 5) is 4.77. The molecular weight excluding hydrogens is 372 g/mol. The van der Waals surface area contributed by atoms with E-state index < -0.39 is 6.10 Å². The van der Waals surface area contributed by atoms with E-state index in [4.69, 9.17) is 21.3 Å². The van der Waals surface area contributed by atoms with Crippen LogP contribution in [0, 0.1) is 0 Å². The van der Waals surface area contributed by atoms with E-state index in [1.807, 2.05) is 48.5 Å². The molecule has 1 aliphatic rings. The van der Waals surface area contributed by atoms with Crippen LogP contribution in [0.25, 0.3) is 21.8 Å². The number of anilines is 1. The Morgan fingerprint density at radius 1 is 1.04 bits per heavy atom. The van der Waals surface area contributed by atoms with Gasteiger partial charge in [0.05, 0.1) is 36.0 Å². The first-order valence-corrected chi connectivity index (χ1v) is 9.61. The van der Waals surface area contributed by atoms with E-state index in [-0.39, 0.29) is 6.04 Å². The van der Waals surface area contributed by atoms with Crippen LogP contribution >= 0.6 is 11.6 Å². The van der Waals surface area contributed by atoms with E-state index in [1.165, 1.54) is 5.56 Å². The third kappa shape index (κ3) is 2.77. The van der Waals surface area contributed by atoms with Crippen molar-refractivity contribution in [2.45, 2.75) is 18.6 Å². The van der Waals surface area contributed by atoms with Gasteiger partial charge in [-0.15, -0.1) is 0 Å². The quantitative estimate of drug-likeness (QED) is 0.477. The average molecular weight is 391 g/mol. The van der Waals surface area contributed by atoms with Crippen molar-refractivity contribution in [2.24, 2.45) is 0 Å². The van der Waals surface area contributed by atoms with Crippen LogP contribution in [0.3, 0.4) is 0 Å². The number of methoxy groups -OCH3 is 1. The van der Waals surface area contributed by atoms with Gasteiger partial charge in [-0.1, -0.05) is 35.9 Å². The zero-order valence-corrected chi connectivity index (χ0v) is 16.1. The van der Waals surface area contributed by atoms with Crippen molar-refractivity contribution in [3.8, 4) is 5.75 Å². The molecule has 2 unspecified atom stereocenters. The molecule has 4 nitrogen and oxygen atoms in total. The Hall–Kier alpha value is -2.82. The molecule has 1 heterocycles. The molecule has 0 amide bonds. The van der Waals surface area contributed by atoms with Gasteiger partial charge >= 0.3 is 0 Å². The van der Waals surface area contributed by atoms with Gasteiger partial charge in [-0.25, -0.2) is 4.98 Å². The number of halogens is 1. The predicted octanol–water partition coefficient (Wildman–Crippen LogP) is 5.12. The number of aromatic nitrogens is 1. The largest absolute Gasteiger partial charge is 0.497 e. The van der Waals surface area contributed by atoms with Gasteiger partial charge in [-0.05, 0) is 47.5 Å². The highest BCUT2D eigenvalue weighted by Gasteiger charge is 2.31. The van der Waals surface area contributed by atoms with E-state index in [2.05, 4.69) is 17.4 Å². The smallest absolute Gasteiger partial charge is 0.119 e. The maximum Gasteiger partial charge on any atom is 0.119 e. The van der Waals surface area contributed by atoms with E-state index in [9.17, 15) is 5.11 Å². The SMILES string of the molecule is COc1ccc2nc3cc(Cl)ccc3c(NC3c4ccccc4CC3O)c2c1. The van der Waals surface area contributed by atoms with Crippen LogP contribution in [0.2, 0.25) is 5.02 Å². The molecule has 4 aromatic rings. The summed E-state index contributed by atoms with van der Waals surface area (Å²) >= 11 is 6.21. The third-order valence-electron chi connectivity index (χ3n) is 5.45. The van der Waals surface area contributed by atoms with Crippen LogP contribution in [0.1, 0.15) is 17.2 Å². The summed E-state index contributed by atoms with van der Waals surface area (Å²) < 4.78 is 5.43. The molecule has 28 heavy (non-hydrogen) atoms. The first-order chi connectivity index (χ1) is 13.6. The van der Waals surface area contributed by atoms with Crippen LogP contribution < -0.4 is 10.1 Å². The van der Waals surface area contributed by atoms with Crippen molar-refractivity contribution in [1.29, 1.82) is 0 Å². The monoisotopic (exact) mass is 390 g/mol. The predicted molar refractivity (Wildman–Crippen MR) is 113 cm³/mol. The highest BCUT2D eigenvalue weighted by molar-refractivity contribution is 6.31. The second-order valence-electron chi connectivity index (χ2n) is 7.12. The lowest BCUT2D eigenvalue weighted by atomic mass is 10.0. The van der Waals surface area contributed by atoms with Gasteiger partial charge in [0.1, 0.15) is 5.75 Å². The summed E-state index contributed by atoms with van der Waals surface area (Å²) in [5.74, 6) is 0.762. The maximum atomic E-state index is 10.7. The van der Waals surface area contributed by atoms with Crippen molar-refractivity contribution in [2.75, 3.05) is 12.4 Å². The summed E-state index contributed by atoms with van der Waals surface area (Å²) in [5, 5.41) is 16.9. The average Bonchev–Trinajstić information content (AvgIpc) is 3.02. The number of pyridine rings is 1. The number of fused-ring (bicyclic) bond motifs is 3. The maximum absolute atomic E-state index is 10.7. The standard InChI is InChI=1S/C23H19ClN2O2/c1-28-15-7-9-19-18(12-15)22(17-8-6-14(24)11-20(17)25-19)26-23-16-5-3-2-4-13(16)10-21(23)27/h2-9,11-12,21,23,27H,10H2,1H3,(H,25,26). The highest BCUT2D eigenvalue weighted by atomic mass is 35.5. The lowest BCUT2D eigenvalue weighted by Gasteiger charge is -2.22. The van der Waals surface area contributed by atoms with Gasteiger partial charge < -0.3 is 15.2 Å². The molecule has 3 aromatic carbocycles. The van der Waals surface area contributed by atoms with Gasteiger partial charge in [0.25, 0.3) is 0 Å². The van der Waals surface area contributed by atoms with Crippen molar-refractivity contribution >= 4 is 39.1 Å². The van der Waals surface area contributed by atoms with E-state index >= 15 is 0 Å². The fraction of sp³-hybridized carbons (Fsp3) is 0.174. The van der Waals surface area contributed by atoms with Gasteiger partial charge in [0.15, 0.2) is 0 Å². The first kappa shape index (κ1) is 17.3. The molecule has 5 rings (SSSR count). The molecule has 140 valence electrons. The molecule has 1 aromatic heterocycles. The van der Waals surface area contributed by atoms with Crippen LogP contribution in [-0.2, 0) is 6.42 Å². The van der Waals surface area contributed by atoms with Crippen molar-refractivity contribution in [3.63, 3.8) is 0 Å². The molecule has 0 aliphatic heterocycles. The normalized spacial score (nSPS) is 18.4. The van der Waals surface area contributed by atoms with Gasteiger partial charge in [0.2, 0.25) is 0 Å². The summed E-state index contributed by atoms with van der Waals surface area (Å²) in [6.07, 6.45) is 0.151. The molecule has 1 aliphatic carbocycles. The molecule has 0 saturated carbocycles. The van der Waals surface area contributed by atoms with E-state index in [1.54, 1.807) is 7.11 Å². The number of hydrogen-bond acceptors (Lipinski definition) is 4. The van der Waals surface area contributed by atoms with Crippen LogP contribution in [0.15, 0.2) is 60.7 Å². The molecule has 0 spiro atoms. The second kappa shape index (κ2) is 6.66. The summed E-state index contributed by atoms with van der Waals surface area (Å²) in [6, 6.07) is 19.5. The minimum absolute atomic E-state index is 0.188. The lowest BCUT2D eigenvalue weighted by Crippen LogP contribution is -2.21. The van der Waals surface area contributed by atoms with Crippen molar-refractivity contribution in [1.82, 2.24) is 4.98 Å². The topological polar surface area (TPSA) is 54.4 Å². The van der Waals surface area contributed by atoms with Gasteiger partial charge in [-0.3, -0.25) is 0 Å². The third-order valence-corrected chi connectivity index (χ3v) is 5.68. The minimum atomic E-state index is -0.492. The fourth-order valence-corrected chi connectivity index (χ4v) is 4.25. The number of nitrogens with zero attached hydrogens (tertiary/aromatic N) is 1. The number of ether oxygens (including phenoxy) is 1. The van der Waals surface area contributed by atoms with Crippen LogP contribution in [-0.4, -0.2) is 23.3 Å². The van der Waals surface area contributed by atoms with E-state index in [0.29, 0.717) is 11.4 Å². The fourth-order valence-electron chi connectivity index (χ4n) is 4.08. The molecule has 0 saturated heterocycles. The summed E-state index contributed by atoms with van der Waals surface area (Å²) in [6.45, 7) is 0. The van der Waals surface area contributed by atoms with Crippen molar-refractivity contribution in [3.05, 3.63) is 76.8 Å². The summed E-state index contributed by atoms with van der Waals surface area (Å²) in [5.41, 5.74) is 4.89. The second-order valence-corrected chi connectivity index (χ2v) is 7.56. The Kier molecular flexibility index (Phi) is 4.11. The molecule has 2 atom stereocenters. The zero-order chi connectivity index (χ0) is 19.3. The van der Waals surface area contributed by atoms with Gasteiger partial charge in [-0.2, -0.15) is 0 Å². The Labute approximate surface area is 167 Å². The Balaban J connectivity index is 1.74. The lowest BCUT2D eigenvalue weighted by molar-refractivity contribution is 0.166. The number of nitrogens with one attached hydrogen (secondary N) is 1. The molecule has 0 bridgehead atoms. The van der Waals surface area contributed by atoms with Crippen LogP contribution in [0.4, 0.5) is 5.69 Å². The molecule has 5 heteroatoms. The van der Waals surface area contributed by atoms with Gasteiger partial charge in [0, 0.05) is 22.2 Å². The number of aliphatic hydroxyl groups excluding tert-OH is 1. The Morgan fingerprint density at radius 3 is 2.75 bits per heavy atom. The van der Waals surface area contributed by atoms with Crippen LogP contribution in [0.5, 0.6) is 5.75 Å². The number of hydrogen-bond donors (Lipinski definition) is 2. The Morgan fingerprint density at radius 2 is 1.89 bits per heavy atom. The number of aliphatic hydroxyl groups is 1. The zero-order valence-electron chi connectivity index (χ0n) is 15.3. The number of benzene rings is 3. The number of rotatable bonds is 3. The molecule has 2 N–H and O–H groups in total. The molecular formula is C23H19ClN2O2. The summed E-state index contributed by atoms with van der Waals surface area (Å²) in [7, 11) is 1.65. The molecule has 0 fully saturated rings. The first-order valence-electron chi connectivity index (χ1n) is 9.23. The molecule has 0 radical (unpaired) electrons. The Bertz CT molecular complexity index is 1210. The minimum Gasteiger partial charge on any atom is -0.497 e.